The molecule has 124 valence electrons. The van der Waals surface area contributed by atoms with Gasteiger partial charge in [-0.2, -0.15) is 0 Å². The van der Waals surface area contributed by atoms with Gasteiger partial charge in [0, 0.05) is 42.1 Å². The third-order valence-electron chi connectivity index (χ3n) is 3.55. The zero-order valence-corrected chi connectivity index (χ0v) is 14.6. The number of aromatic nitrogens is 1. The number of halogens is 1. The lowest BCUT2D eigenvalue weighted by atomic mass is 10.3. The third-order valence-corrected chi connectivity index (χ3v) is 4.11. The average molecular weight is 360 g/mol. The first-order valence-electron chi connectivity index (χ1n) is 7.75. The molecule has 1 aliphatic heterocycles. The molecule has 0 bridgehead atoms. The zero-order chi connectivity index (χ0) is 16.8. The van der Waals surface area contributed by atoms with Crippen molar-refractivity contribution in [2.24, 2.45) is 4.99 Å². The van der Waals surface area contributed by atoms with Crippen LogP contribution in [-0.4, -0.2) is 40.6 Å². The van der Waals surface area contributed by atoms with Gasteiger partial charge >= 0.3 is 0 Å². The summed E-state index contributed by atoms with van der Waals surface area (Å²) in [6.45, 7) is 2.24. The molecule has 2 heterocycles. The van der Waals surface area contributed by atoms with Crippen LogP contribution in [0, 0.1) is 0 Å². The van der Waals surface area contributed by atoms with E-state index in [9.17, 15) is 0 Å². The van der Waals surface area contributed by atoms with Crippen LogP contribution in [-0.2, 0) is 6.42 Å². The van der Waals surface area contributed by atoms with Gasteiger partial charge in [0.15, 0.2) is 11.1 Å². The maximum atomic E-state index is 6.00. The smallest absolute Gasteiger partial charge is 0.200 e. The highest BCUT2D eigenvalue weighted by molar-refractivity contribution is 7.80. The van der Waals surface area contributed by atoms with Crippen molar-refractivity contribution in [3.8, 4) is 0 Å². The first-order chi connectivity index (χ1) is 11.7. The average Bonchev–Trinajstić information content (AvgIpc) is 3.04. The van der Waals surface area contributed by atoms with E-state index in [0.29, 0.717) is 10.1 Å². The summed E-state index contributed by atoms with van der Waals surface area (Å²) in [6, 6.07) is 13.4. The van der Waals surface area contributed by atoms with Gasteiger partial charge in [-0.1, -0.05) is 23.7 Å². The molecule has 5 nitrogen and oxygen atoms in total. The number of aliphatic imine (C=N–C) groups is 1. The van der Waals surface area contributed by atoms with E-state index in [-0.39, 0.29) is 0 Å². The molecule has 0 atom stereocenters. The van der Waals surface area contributed by atoms with Crippen LogP contribution < -0.4 is 10.6 Å². The van der Waals surface area contributed by atoms with Crippen LogP contribution in [0.2, 0.25) is 5.02 Å². The molecule has 1 aliphatic rings. The molecule has 0 amide bonds. The van der Waals surface area contributed by atoms with Crippen LogP contribution in [0.4, 0.5) is 5.69 Å². The number of hydrogen-bond donors (Lipinski definition) is 2. The van der Waals surface area contributed by atoms with E-state index in [0.717, 1.165) is 43.4 Å². The minimum Gasteiger partial charge on any atom is -0.355 e. The summed E-state index contributed by atoms with van der Waals surface area (Å²) in [7, 11) is 0. The normalized spacial score (nSPS) is 13.5. The van der Waals surface area contributed by atoms with Crippen LogP contribution in [0.25, 0.3) is 0 Å². The number of nitrogens with one attached hydrogen (secondary N) is 2. The molecular weight excluding hydrogens is 342 g/mol. The van der Waals surface area contributed by atoms with Crippen molar-refractivity contribution in [2.45, 2.75) is 6.42 Å². The molecule has 24 heavy (non-hydrogen) atoms. The summed E-state index contributed by atoms with van der Waals surface area (Å²) in [5.74, 6) is 0.797. The van der Waals surface area contributed by atoms with E-state index in [1.54, 1.807) is 6.20 Å². The highest BCUT2D eigenvalue weighted by Gasteiger charge is 2.20. The molecule has 1 aromatic heterocycles. The number of pyridine rings is 1. The minimum atomic E-state index is 0.610. The Kier molecular flexibility index (Phi) is 5.61. The van der Waals surface area contributed by atoms with E-state index >= 15 is 0 Å². The molecular formula is C17H18ClN5S. The van der Waals surface area contributed by atoms with Gasteiger partial charge in [-0.25, -0.2) is 0 Å². The molecule has 0 radical (unpaired) electrons. The zero-order valence-electron chi connectivity index (χ0n) is 13.1. The van der Waals surface area contributed by atoms with Gasteiger partial charge in [0.25, 0.3) is 0 Å². The summed E-state index contributed by atoms with van der Waals surface area (Å²) in [5, 5.41) is 7.83. The van der Waals surface area contributed by atoms with Gasteiger partial charge in [-0.05, 0) is 42.5 Å². The van der Waals surface area contributed by atoms with Crippen molar-refractivity contribution in [3.63, 3.8) is 0 Å². The van der Waals surface area contributed by atoms with Crippen LogP contribution >= 0.6 is 23.8 Å². The van der Waals surface area contributed by atoms with Gasteiger partial charge in [-0.15, -0.1) is 0 Å². The van der Waals surface area contributed by atoms with Crippen LogP contribution in [0.3, 0.4) is 0 Å². The Morgan fingerprint density at radius 2 is 2.17 bits per heavy atom. The highest BCUT2D eigenvalue weighted by Crippen LogP contribution is 2.16. The maximum absolute atomic E-state index is 6.00. The fourth-order valence-corrected chi connectivity index (χ4v) is 2.89. The lowest BCUT2D eigenvalue weighted by Gasteiger charge is -2.22. The van der Waals surface area contributed by atoms with E-state index in [2.05, 4.69) is 20.6 Å². The number of guanidine groups is 1. The maximum Gasteiger partial charge on any atom is 0.200 e. The molecule has 0 saturated carbocycles. The first kappa shape index (κ1) is 16.7. The van der Waals surface area contributed by atoms with Crippen LogP contribution in [0.1, 0.15) is 5.69 Å². The van der Waals surface area contributed by atoms with Crippen molar-refractivity contribution in [1.29, 1.82) is 0 Å². The van der Waals surface area contributed by atoms with Crippen LogP contribution in [0.15, 0.2) is 53.7 Å². The summed E-state index contributed by atoms with van der Waals surface area (Å²) in [4.78, 5) is 10.8. The largest absolute Gasteiger partial charge is 0.355 e. The lowest BCUT2D eigenvalue weighted by molar-refractivity contribution is 0.642. The van der Waals surface area contributed by atoms with Gasteiger partial charge in [0.2, 0.25) is 0 Å². The van der Waals surface area contributed by atoms with E-state index in [1.807, 2.05) is 47.4 Å². The Labute approximate surface area is 151 Å². The summed E-state index contributed by atoms with van der Waals surface area (Å²) in [6.07, 6.45) is 2.64. The van der Waals surface area contributed by atoms with E-state index < -0.39 is 0 Å². The molecule has 0 unspecified atom stereocenters. The lowest BCUT2D eigenvalue weighted by Crippen LogP contribution is -2.44. The SMILES string of the molecule is S=C(Nc1cccc(Cl)c1)N1CCN=C1NCCc1ccccn1. The molecule has 1 aromatic carbocycles. The fourth-order valence-electron chi connectivity index (χ4n) is 2.40. The Hall–Kier alpha value is -2.18. The Balaban J connectivity index is 1.53. The van der Waals surface area contributed by atoms with Crippen LogP contribution in [0.5, 0.6) is 0 Å². The molecule has 0 fully saturated rings. The summed E-state index contributed by atoms with van der Waals surface area (Å²) >= 11 is 11.5. The summed E-state index contributed by atoms with van der Waals surface area (Å²) in [5.41, 5.74) is 1.92. The monoisotopic (exact) mass is 359 g/mol. The predicted molar refractivity (Wildman–Crippen MR) is 103 cm³/mol. The number of benzene rings is 1. The molecule has 2 N–H and O–H groups in total. The van der Waals surface area contributed by atoms with Gasteiger partial charge in [0.05, 0.1) is 6.54 Å². The molecule has 0 spiro atoms. The Morgan fingerprint density at radius 1 is 1.25 bits per heavy atom. The molecule has 3 rings (SSSR count). The number of hydrogen-bond acceptors (Lipinski definition) is 4. The highest BCUT2D eigenvalue weighted by atomic mass is 35.5. The Bertz CT molecular complexity index is 735. The summed E-state index contributed by atoms with van der Waals surface area (Å²) < 4.78 is 0. The minimum absolute atomic E-state index is 0.610. The van der Waals surface area contributed by atoms with Gasteiger partial charge in [-0.3, -0.25) is 14.9 Å². The molecule has 7 heteroatoms. The molecule has 0 saturated heterocycles. The number of anilines is 1. The Morgan fingerprint density at radius 3 is 2.96 bits per heavy atom. The second-order valence-corrected chi connectivity index (χ2v) is 6.12. The van der Waals surface area contributed by atoms with Crippen molar-refractivity contribution >= 4 is 40.6 Å². The second-order valence-electron chi connectivity index (χ2n) is 5.30. The molecule has 0 aliphatic carbocycles. The van der Waals surface area contributed by atoms with Crippen molar-refractivity contribution in [2.75, 3.05) is 25.0 Å². The predicted octanol–water partition coefficient (Wildman–Crippen LogP) is 2.94. The van der Waals surface area contributed by atoms with E-state index in [1.165, 1.54) is 0 Å². The van der Waals surface area contributed by atoms with Crippen molar-refractivity contribution in [1.82, 2.24) is 15.2 Å². The number of rotatable bonds is 4. The van der Waals surface area contributed by atoms with Gasteiger partial charge < -0.3 is 10.6 Å². The standard InChI is InChI=1S/C17H18ClN5S/c18-13-4-3-6-15(12-13)22-17(24)23-11-10-21-16(23)20-9-7-14-5-1-2-8-19-14/h1-6,8,12H,7,9-11H2,(H,20,21)(H,22,24). The fraction of sp³-hybridized carbons (Fsp3) is 0.235. The quantitative estimate of drug-likeness (QED) is 0.822. The van der Waals surface area contributed by atoms with Gasteiger partial charge in [0.1, 0.15) is 0 Å². The third kappa shape index (κ3) is 4.43. The number of nitrogens with zero attached hydrogens (tertiary/aromatic N) is 3. The van der Waals surface area contributed by atoms with E-state index in [4.69, 9.17) is 23.8 Å². The van der Waals surface area contributed by atoms with Crippen molar-refractivity contribution in [3.05, 3.63) is 59.4 Å². The first-order valence-corrected chi connectivity index (χ1v) is 8.53. The van der Waals surface area contributed by atoms with Crippen molar-refractivity contribution < 1.29 is 0 Å². The number of thiocarbonyl (C=S) groups is 1. The second kappa shape index (κ2) is 8.08. The topological polar surface area (TPSA) is 52.5 Å². The molecule has 2 aromatic rings.